The van der Waals surface area contributed by atoms with E-state index in [0.29, 0.717) is 11.7 Å². The third kappa shape index (κ3) is 4.60. The number of hydrogen-bond acceptors (Lipinski definition) is 7. The smallest absolute Gasteiger partial charge is 0.230 e. The summed E-state index contributed by atoms with van der Waals surface area (Å²) < 4.78 is 0. The maximum absolute atomic E-state index is 11.8. The predicted octanol–water partition coefficient (Wildman–Crippen LogP) is 0.753. The van der Waals surface area contributed by atoms with E-state index in [9.17, 15) is 4.79 Å². The van der Waals surface area contributed by atoms with Gasteiger partial charge in [0.05, 0.1) is 5.75 Å². The van der Waals surface area contributed by atoms with Crippen LogP contribution in [0.2, 0.25) is 0 Å². The fourth-order valence-electron chi connectivity index (χ4n) is 1.64. The van der Waals surface area contributed by atoms with Gasteiger partial charge in [-0.15, -0.1) is 0 Å². The average molecular weight is 304 g/mol. The lowest BCUT2D eigenvalue weighted by Crippen LogP contribution is -2.25. The van der Waals surface area contributed by atoms with Crippen LogP contribution in [0, 0.1) is 6.92 Å². The van der Waals surface area contributed by atoms with Gasteiger partial charge in [0.1, 0.15) is 0 Å². The van der Waals surface area contributed by atoms with E-state index < -0.39 is 0 Å². The second-order valence-electron chi connectivity index (χ2n) is 4.33. The molecule has 2 rings (SSSR count). The molecule has 1 aromatic heterocycles. The Labute approximate surface area is 126 Å². The zero-order valence-electron chi connectivity index (χ0n) is 11.5. The van der Waals surface area contributed by atoms with Gasteiger partial charge in [-0.25, -0.2) is 0 Å². The molecule has 7 nitrogen and oxygen atoms in total. The molecule has 1 amide bonds. The Morgan fingerprint density at radius 2 is 1.86 bits per heavy atom. The number of benzene rings is 1. The first-order valence-corrected chi connectivity index (χ1v) is 7.24. The number of nitrogen functional groups attached to an aromatic ring is 2. The minimum absolute atomic E-state index is 0.0466. The zero-order valence-corrected chi connectivity index (χ0v) is 12.4. The summed E-state index contributed by atoms with van der Waals surface area (Å²) in [5.74, 6) is 0.172. The summed E-state index contributed by atoms with van der Waals surface area (Å²) in [5, 5.41) is 3.18. The molecule has 0 saturated carbocycles. The van der Waals surface area contributed by atoms with Crippen molar-refractivity contribution < 1.29 is 4.79 Å². The fourth-order valence-corrected chi connectivity index (χ4v) is 2.31. The maximum atomic E-state index is 11.8. The number of hydrogen-bond donors (Lipinski definition) is 3. The lowest BCUT2D eigenvalue weighted by molar-refractivity contribution is -0.118. The van der Waals surface area contributed by atoms with Crippen LogP contribution in [0.15, 0.2) is 29.4 Å². The molecule has 0 radical (unpaired) electrons. The molecular formula is C13H16N6OS. The third-order valence-corrected chi connectivity index (χ3v) is 3.57. The molecule has 8 heteroatoms. The summed E-state index contributed by atoms with van der Waals surface area (Å²) in [5.41, 5.74) is 13.2. The van der Waals surface area contributed by atoms with E-state index in [4.69, 9.17) is 11.5 Å². The number of aromatic nitrogens is 3. The lowest BCUT2D eigenvalue weighted by Gasteiger charge is -2.07. The standard InChI is InChI=1S/C13H16N6OS/c1-8-4-2-3-5-9(8)6-16-10(20)7-21-13-18-11(14)17-12(15)19-13/h2-5H,6-7H2,1H3,(H,16,20)(H4,14,15,17,18,19). The SMILES string of the molecule is Cc1ccccc1CNC(=O)CSc1nc(N)nc(N)n1. The third-order valence-electron chi connectivity index (χ3n) is 2.72. The normalized spacial score (nSPS) is 10.3. The van der Waals surface area contributed by atoms with Crippen molar-refractivity contribution in [1.29, 1.82) is 0 Å². The van der Waals surface area contributed by atoms with Gasteiger partial charge in [0.25, 0.3) is 0 Å². The minimum Gasteiger partial charge on any atom is -0.368 e. The van der Waals surface area contributed by atoms with Crippen molar-refractivity contribution in [2.45, 2.75) is 18.6 Å². The van der Waals surface area contributed by atoms with Gasteiger partial charge in [0.15, 0.2) is 5.16 Å². The van der Waals surface area contributed by atoms with Crippen molar-refractivity contribution in [3.05, 3.63) is 35.4 Å². The first-order valence-electron chi connectivity index (χ1n) is 6.25. The van der Waals surface area contributed by atoms with Crippen molar-refractivity contribution >= 4 is 29.6 Å². The number of amides is 1. The first-order chi connectivity index (χ1) is 10.0. The van der Waals surface area contributed by atoms with Crippen LogP contribution >= 0.6 is 11.8 Å². The molecule has 0 aliphatic heterocycles. The van der Waals surface area contributed by atoms with E-state index in [1.54, 1.807) is 0 Å². The van der Waals surface area contributed by atoms with Crippen molar-refractivity contribution in [1.82, 2.24) is 20.3 Å². The molecule has 1 heterocycles. The summed E-state index contributed by atoms with van der Waals surface area (Å²) in [7, 11) is 0. The molecule has 1 aromatic carbocycles. The summed E-state index contributed by atoms with van der Waals surface area (Å²) in [4.78, 5) is 23.3. The molecule has 110 valence electrons. The number of nitrogens with one attached hydrogen (secondary N) is 1. The van der Waals surface area contributed by atoms with Crippen molar-refractivity contribution in [2.75, 3.05) is 17.2 Å². The summed E-state index contributed by atoms with van der Waals surface area (Å²) in [6.45, 7) is 2.50. The Balaban J connectivity index is 1.84. The molecule has 0 aliphatic carbocycles. The van der Waals surface area contributed by atoms with Crippen LogP contribution in [-0.2, 0) is 11.3 Å². The average Bonchev–Trinajstić information content (AvgIpc) is 2.43. The Bertz CT molecular complexity index is 628. The predicted molar refractivity (Wildman–Crippen MR) is 82.4 cm³/mol. The molecule has 0 spiro atoms. The van der Waals surface area contributed by atoms with Gasteiger partial charge in [-0.2, -0.15) is 15.0 Å². The number of rotatable bonds is 5. The first kappa shape index (κ1) is 15.0. The van der Waals surface area contributed by atoms with Gasteiger partial charge in [0, 0.05) is 6.54 Å². The lowest BCUT2D eigenvalue weighted by atomic mass is 10.1. The number of nitrogens with zero attached hydrogens (tertiary/aromatic N) is 3. The second kappa shape index (κ2) is 6.89. The number of anilines is 2. The van der Waals surface area contributed by atoms with Gasteiger partial charge in [0.2, 0.25) is 17.8 Å². The Kier molecular flexibility index (Phi) is 4.94. The minimum atomic E-state index is -0.110. The van der Waals surface area contributed by atoms with E-state index >= 15 is 0 Å². The van der Waals surface area contributed by atoms with Crippen molar-refractivity contribution in [3.8, 4) is 0 Å². The molecule has 21 heavy (non-hydrogen) atoms. The van der Waals surface area contributed by atoms with Crippen LogP contribution in [0.4, 0.5) is 11.9 Å². The number of carbonyl (C=O) groups is 1. The van der Waals surface area contributed by atoms with E-state index in [0.717, 1.165) is 22.9 Å². The fraction of sp³-hybridized carbons (Fsp3) is 0.231. The topological polar surface area (TPSA) is 120 Å². The van der Waals surface area contributed by atoms with Crippen LogP contribution in [0.3, 0.4) is 0 Å². The number of nitrogens with two attached hydrogens (primary N) is 2. The molecule has 0 bridgehead atoms. The molecule has 0 saturated heterocycles. The van der Waals surface area contributed by atoms with E-state index in [1.807, 2.05) is 31.2 Å². The van der Waals surface area contributed by atoms with Crippen molar-refractivity contribution in [3.63, 3.8) is 0 Å². The van der Waals surface area contributed by atoms with Crippen LogP contribution in [0.25, 0.3) is 0 Å². The molecule has 2 aromatic rings. The Morgan fingerprint density at radius 3 is 2.52 bits per heavy atom. The highest BCUT2D eigenvalue weighted by molar-refractivity contribution is 7.99. The van der Waals surface area contributed by atoms with Gasteiger partial charge in [-0.05, 0) is 18.1 Å². The zero-order chi connectivity index (χ0) is 15.2. The van der Waals surface area contributed by atoms with Crippen LogP contribution < -0.4 is 16.8 Å². The van der Waals surface area contributed by atoms with Gasteiger partial charge >= 0.3 is 0 Å². The Hall–Kier alpha value is -2.35. The van der Waals surface area contributed by atoms with Crippen LogP contribution in [-0.4, -0.2) is 26.6 Å². The van der Waals surface area contributed by atoms with Gasteiger partial charge < -0.3 is 16.8 Å². The van der Waals surface area contributed by atoms with Gasteiger partial charge in [-0.1, -0.05) is 36.0 Å². The molecule has 0 aliphatic rings. The summed E-state index contributed by atoms with van der Waals surface area (Å²) >= 11 is 1.16. The largest absolute Gasteiger partial charge is 0.368 e. The second-order valence-corrected chi connectivity index (χ2v) is 5.27. The van der Waals surface area contributed by atoms with E-state index in [2.05, 4.69) is 20.3 Å². The molecule has 5 N–H and O–H groups in total. The highest BCUT2D eigenvalue weighted by Crippen LogP contribution is 2.14. The monoisotopic (exact) mass is 304 g/mol. The highest BCUT2D eigenvalue weighted by atomic mass is 32.2. The number of aryl methyl sites for hydroxylation is 1. The van der Waals surface area contributed by atoms with Crippen molar-refractivity contribution in [2.24, 2.45) is 0 Å². The molecule has 0 unspecified atom stereocenters. The highest BCUT2D eigenvalue weighted by Gasteiger charge is 2.07. The molecule has 0 fully saturated rings. The number of carbonyl (C=O) groups excluding carboxylic acids is 1. The number of thioether (sulfide) groups is 1. The maximum Gasteiger partial charge on any atom is 0.230 e. The summed E-state index contributed by atoms with van der Waals surface area (Å²) in [6, 6.07) is 7.90. The Morgan fingerprint density at radius 1 is 1.19 bits per heavy atom. The van der Waals surface area contributed by atoms with Crippen LogP contribution in [0.1, 0.15) is 11.1 Å². The van der Waals surface area contributed by atoms with E-state index in [-0.39, 0.29) is 23.6 Å². The van der Waals surface area contributed by atoms with E-state index in [1.165, 1.54) is 0 Å². The molecular weight excluding hydrogens is 288 g/mol. The summed E-state index contributed by atoms with van der Waals surface area (Å²) in [6.07, 6.45) is 0. The quantitative estimate of drug-likeness (QED) is 0.697. The van der Waals surface area contributed by atoms with Crippen LogP contribution in [0.5, 0.6) is 0 Å². The molecule has 0 atom stereocenters. The van der Waals surface area contributed by atoms with Gasteiger partial charge in [-0.3, -0.25) is 4.79 Å².